The lowest BCUT2D eigenvalue weighted by Gasteiger charge is -2.19. The SMILES string of the molecule is CN(c1ccc2sc(C(=O)Nc3ccc(I)cc3)cc2c1)S(=O)(=O)c1ccc(Br)cc1. The summed E-state index contributed by atoms with van der Waals surface area (Å²) < 4.78 is 30.0. The average Bonchev–Trinajstić information content (AvgIpc) is 3.18. The van der Waals surface area contributed by atoms with Gasteiger partial charge in [0, 0.05) is 25.5 Å². The summed E-state index contributed by atoms with van der Waals surface area (Å²) in [5.74, 6) is -0.195. The van der Waals surface area contributed by atoms with Gasteiger partial charge in [-0.2, -0.15) is 0 Å². The van der Waals surface area contributed by atoms with E-state index in [1.54, 1.807) is 42.5 Å². The molecule has 0 saturated carbocycles. The van der Waals surface area contributed by atoms with E-state index >= 15 is 0 Å². The van der Waals surface area contributed by atoms with E-state index in [2.05, 4.69) is 43.8 Å². The molecule has 0 atom stereocenters. The Hall–Kier alpha value is -1.95. The molecule has 1 aromatic heterocycles. The Morgan fingerprint density at radius 3 is 2.35 bits per heavy atom. The fourth-order valence-electron chi connectivity index (χ4n) is 2.97. The van der Waals surface area contributed by atoms with E-state index in [0.29, 0.717) is 10.6 Å². The number of carbonyl (C=O) groups excluding carboxylic acids is 1. The summed E-state index contributed by atoms with van der Waals surface area (Å²) in [7, 11) is -2.17. The molecule has 1 heterocycles. The first-order valence-corrected chi connectivity index (χ1v) is 13.2. The third kappa shape index (κ3) is 4.79. The molecule has 5 nitrogen and oxygen atoms in total. The molecule has 1 N–H and O–H groups in total. The van der Waals surface area contributed by atoms with Crippen molar-refractivity contribution in [1.82, 2.24) is 0 Å². The molecule has 3 aromatic carbocycles. The van der Waals surface area contributed by atoms with Crippen LogP contribution in [0, 0.1) is 3.57 Å². The fourth-order valence-corrected chi connectivity index (χ4v) is 5.72. The number of sulfonamides is 1. The Labute approximate surface area is 206 Å². The van der Waals surface area contributed by atoms with Gasteiger partial charge in [-0.25, -0.2) is 8.42 Å². The third-order valence-electron chi connectivity index (χ3n) is 4.66. The van der Waals surface area contributed by atoms with E-state index < -0.39 is 10.0 Å². The topological polar surface area (TPSA) is 66.5 Å². The van der Waals surface area contributed by atoms with Crippen LogP contribution in [-0.4, -0.2) is 21.4 Å². The van der Waals surface area contributed by atoms with Crippen LogP contribution in [0.3, 0.4) is 0 Å². The highest BCUT2D eigenvalue weighted by Gasteiger charge is 2.22. The maximum atomic E-state index is 13.0. The smallest absolute Gasteiger partial charge is 0.265 e. The predicted molar refractivity (Wildman–Crippen MR) is 139 cm³/mol. The molecular weight excluding hydrogens is 611 g/mol. The van der Waals surface area contributed by atoms with Crippen molar-refractivity contribution in [3.05, 3.63) is 85.7 Å². The van der Waals surface area contributed by atoms with Crippen LogP contribution in [0.4, 0.5) is 11.4 Å². The van der Waals surface area contributed by atoms with Gasteiger partial charge in [0.2, 0.25) is 0 Å². The van der Waals surface area contributed by atoms with Crippen LogP contribution < -0.4 is 9.62 Å². The highest BCUT2D eigenvalue weighted by atomic mass is 127. The first kappa shape index (κ1) is 22.3. The quantitative estimate of drug-likeness (QED) is 0.263. The number of hydrogen-bond acceptors (Lipinski definition) is 4. The maximum absolute atomic E-state index is 13.0. The lowest BCUT2D eigenvalue weighted by atomic mass is 10.2. The zero-order valence-electron chi connectivity index (χ0n) is 16.2. The number of anilines is 2. The van der Waals surface area contributed by atoms with Crippen LogP contribution in [0.15, 0.2) is 82.2 Å². The summed E-state index contributed by atoms with van der Waals surface area (Å²) in [6.07, 6.45) is 0. The van der Waals surface area contributed by atoms with Gasteiger partial charge in [-0.15, -0.1) is 11.3 Å². The van der Waals surface area contributed by atoms with Crippen LogP contribution in [0.1, 0.15) is 9.67 Å². The van der Waals surface area contributed by atoms with E-state index in [-0.39, 0.29) is 10.8 Å². The standard InChI is InChI=1S/C22H16BrIN2O3S2/c1-26(31(28,29)19-9-2-15(23)3-10-19)18-8-11-20-14(12-18)13-21(30-20)22(27)25-17-6-4-16(24)5-7-17/h2-13H,1H3,(H,25,27). The molecule has 0 radical (unpaired) electrons. The molecule has 0 aliphatic carbocycles. The molecule has 4 rings (SSSR count). The molecule has 0 spiro atoms. The second kappa shape index (κ2) is 8.89. The largest absolute Gasteiger partial charge is 0.321 e. The lowest BCUT2D eigenvalue weighted by molar-refractivity contribution is 0.103. The zero-order chi connectivity index (χ0) is 22.2. The van der Waals surface area contributed by atoms with Gasteiger partial charge in [-0.1, -0.05) is 15.9 Å². The second-order valence-corrected chi connectivity index (χ2v) is 11.9. The van der Waals surface area contributed by atoms with E-state index in [0.717, 1.165) is 23.8 Å². The van der Waals surface area contributed by atoms with Gasteiger partial charge < -0.3 is 5.32 Å². The van der Waals surface area contributed by atoms with E-state index in [1.165, 1.54) is 22.7 Å². The first-order valence-electron chi connectivity index (χ1n) is 9.09. The van der Waals surface area contributed by atoms with E-state index in [1.807, 2.05) is 30.3 Å². The van der Waals surface area contributed by atoms with Gasteiger partial charge >= 0.3 is 0 Å². The minimum atomic E-state index is -3.70. The van der Waals surface area contributed by atoms with Gasteiger partial charge in [0.15, 0.2) is 0 Å². The monoisotopic (exact) mass is 626 g/mol. The van der Waals surface area contributed by atoms with Crippen molar-refractivity contribution in [2.75, 3.05) is 16.7 Å². The first-order chi connectivity index (χ1) is 14.7. The van der Waals surface area contributed by atoms with Crippen molar-refractivity contribution in [2.45, 2.75) is 4.90 Å². The maximum Gasteiger partial charge on any atom is 0.265 e. The number of halogens is 2. The molecule has 0 saturated heterocycles. The Kier molecular flexibility index (Phi) is 6.38. The number of hydrogen-bond donors (Lipinski definition) is 1. The number of fused-ring (bicyclic) bond motifs is 1. The van der Waals surface area contributed by atoms with Gasteiger partial charge in [-0.3, -0.25) is 9.10 Å². The molecular formula is C22H16BrIN2O3S2. The van der Waals surface area contributed by atoms with Gasteiger partial charge in [-0.05, 0) is 101 Å². The number of nitrogens with one attached hydrogen (secondary N) is 1. The van der Waals surface area contributed by atoms with Gasteiger partial charge in [0.1, 0.15) is 0 Å². The van der Waals surface area contributed by atoms with E-state index in [4.69, 9.17) is 0 Å². The Morgan fingerprint density at radius 1 is 1.00 bits per heavy atom. The molecule has 1 amide bonds. The number of carbonyl (C=O) groups is 1. The minimum absolute atomic E-state index is 0.195. The number of amides is 1. The highest BCUT2D eigenvalue weighted by molar-refractivity contribution is 14.1. The van der Waals surface area contributed by atoms with Crippen LogP contribution >= 0.6 is 49.9 Å². The predicted octanol–water partition coefficient (Wildman–Crippen LogP) is 6.35. The number of nitrogens with zero attached hydrogens (tertiary/aromatic N) is 1. The van der Waals surface area contributed by atoms with Crippen molar-refractivity contribution in [2.24, 2.45) is 0 Å². The Bertz CT molecular complexity index is 1370. The van der Waals surface area contributed by atoms with Crippen molar-refractivity contribution < 1.29 is 13.2 Å². The van der Waals surface area contributed by atoms with Gasteiger partial charge in [0.25, 0.3) is 15.9 Å². The Balaban J connectivity index is 1.60. The number of rotatable bonds is 5. The molecule has 0 aliphatic heterocycles. The summed E-state index contributed by atoms with van der Waals surface area (Å²) >= 11 is 6.90. The molecule has 0 bridgehead atoms. The number of thiophene rings is 1. The van der Waals surface area contributed by atoms with Crippen molar-refractivity contribution in [3.8, 4) is 0 Å². The molecule has 0 fully saturated rings. The highest BCUT2D eigenvalue weighted by Crippen LogP contribution is 2.32. The summed E-state index contributed by atoms with van der Waals surface area (Å²) in [6.45, 7) is 0. The molecule has 4 aromatic rings. The van der Waals surface area contributed by atoms with Crippen molar-refractivity contribution in [1.29, 1.82) is 0 Å². The average molecular weight is 627 g/mol. The van der Waals surface area contributed by atoms with Gasteiger partial charge in [0.05, 0.1) is 15.5 Å². The fraction of sp³-hybridized carbons (Fsp3) is 0.0455. The summed E-state index contributed by atoms with van der Waals surface area (Å²) in [5.41, 5.74) is 1.25. The molecule has 158 valence electrons. The molecule has 0 aliphatic rings. The molecule has 0 unspecified atom stereocenters. The normalized spacial score (nSPS) is 11.5. The summed E-state index contributed by atoms with van der Waals surface area (Å²) in [4.78, 5) is 13.4. The van der Waals surface area contributed by atoms with Crippen molar-refractivity contribution in [3.63, 3.8) is 0 Å². The van der Waals surface area contributed by atoms with Crippen LogP contribution in [0.25, 0.3) is 10.1 Å². The lowest BCUT2D eigenvalue weighted by Crippen LogP contribution is -2.26. The van der Waals surface area contributed by atoms with Crippen LogP contribution in [0.2, 0.25) is 0 Å². The molecule has 9 heteroatoms. The van der Waals surface area contributed by atoms with E-state index in [9.17, 15) is 13.2 Å². The third-order valence-corrected chi connectivity index (χ3v) is 8.82. The van der Waals surface area contributed by atoms with Crippen molar-refractivity contribution >= 4 is 87.2 Å². The van der Waals surface area contributed by atoms with Crippen LogP contribution in [0.5, 0.6) is 0 Å². The minimum Gasteiger partial charge on any atom is -0.321 e. The van der Waals surface area contributed by atoms with Crippen LogP contribution in [-0.2, 0) is 10.0 Å². The number of benzene rings is 3. The Morgan fingerprint density at radius 2 is 1.68 bits per heavy atom. The molecule has 31 heavy (non-hydrogen) atoms. The zero-order valence-corrected chi connectivity index (χ0v) is 21.5. The summed E-state index contributed by atoms with van der Waals surface area (Å²) in [5, 5.41) is 3.71. The summed E-state index contributed by atoms with van der Waals surface area (Å²) in [6, 6.07) is 21.2. The second-order valence-electron chi connectivity index (χ2n) is 6.72.